The first-order valence-corrected chi connectivity index (χ1v) is 40.2. The van der Waals surface area contributed by atoms with Gasteiger partial charge in [-0.15, -0.1) is 0 Å². The summed E-state index contributed by atoms with van der Waals surface area (Å²) in [5.41, 5.74) is 8.69. The molecule has 9 aromatic carbocycles. The summed E-state index contributed by atoms with van der Waals surface area (Å²) < 4.78 is 44.7. The van der Waals surface area contributed by atoms with Crippen molar-refractivity contribution in [3.63, 3.8) is 0 Å². The monoisotopic (exact) mass is 1710 g/mol. The Morgan fingerprint density at radius 1 is 0.410 bits per heavy atom. The molecule has 0 saturated heterocycles. The van der Waals surface area contributed by atoms with Gasteiger partial charge >= 0.3 is 5.97 Å². The summed E-state index contributed by atoms with van der Waals surface area (Å²) in [4.78, 5) is 117. The summed E-state index contributed by atoms with van der Waals surface area (Å²) in [5, 5.41) is 10.2. The topological polar surface area (TPSA) is 265 Å². The van der Waals surface area contributed by atoms with Gasteiger partial charge in [-0.25, -0.2) is 0 Å². The number of hydrogen-bond donors (Lipinski definition) is 1. The molecule has 0 fully saturated rings. The van der Waals surface area contributed by atoms with E-state index in [-0.39, 0.29) is 106 Å². The number of Topliss-reactive ketones (excluding diaryl/α,β-unsaturated/α-hetero) is 9. The molecule has 23 heteroatoms. The molecule has 0 saturated carbocycles. The number of carbonyl (C=O) groups excluding carboxylic acids is 9. The molecular formula is C94H92BrCl3O19. The third-order valence-electron chi connectivity index (χ3n) is 19.3. The number of ketones is 9. The Morgan fingerprint density at radius 3 is 1.39 bits per heavy atom. The number of benzene rings is 9. The van der Waals surface area contributed by atoms with Gasteiger partial charge in [0, 0.05) is 39.9 Å². The first kappa shape index (κ1) is 88.6. The Kier molecular flexibility index (Phi) is 28.8. The van der Waals surface area contributed by atoms with Crippen molar-refractivity contribution in [3.8, 4) is 46.0 Å². The van der Waals surface area contributed by atoms with Crippen LogP contribution < -0.4 is 37.9 Å². The highest BCUT2D eigenvalue weighted by atomic mass is 79.9. The van der Waals surface area contributed by atoms with Crippen molar-refractivity contribution < 1.29 is 90.9 Å². The number of para-hydroxylation sites is 2. The third-order valence-corrected chi connectivity index (χ3v) is 21.2. The van der Waals surface area contributed by atoms with Crippen molar-refractivity contribution in [1.29, 1.82) is 0 Å². The smallest absolute Gasteiger partial charge is 0.307 e. The summed E-state index contributed by atoms with van der Waals surface area (Å²) in [6, 6.07) is 53.7. The predicted molar refractivity (Wildman–Crippen MR) is 451 cm³/mol. The molecule has 0 radical (unpaired) electrons. The molecule has 0 amide bonds. The van der Waals surface area contributed by atoms with E-state index in [1.54, 1.807) is 84.9 Å². The standard InChI is InChI=1S/C17H14O3.C13H16O2.C12H14O2.C11H9ClO4.C11H11ClO2.C10H9BrO2.C10H9ClO2.C10H10O2/c1-11-7-8-13-15(9-11)20-10-14(17(13)19)16(18)12-5-3-2-4-6-12;1-8-5-9(2)12-10(14)7-13(3,4)15-11(12)6-8;1-8-4-5-11-9(6-8)10(13)7-12(2,3)14-11;12-6-1-2-10-8(3-6)9(13)4-7(16-10)5-11(14)15;1-11(2)6-9(13)8-5-7(12)3-4-10(8)14-11;1-6-9(11)10(12)7-4-2-3-5-8(7)13-6;1-6-4-9(12)8-5-7(11)2-3-10(8)13-6;1-7-6-9(11)8-4-2-3-5-10(8)12-7/h2-9,14H,10H2,1H3;5-6H,7H2,1-4H3;4-6H,7H2,1-3H3;1-3,7H,4-5H2,(H,14,15);3-5H,6H2,1-2H3;2-6,9H,1H3;2-3,5-6H,4H2,1H3;2-5,7H,6H2,1H3. The lowest BCUT2D eigenvalue weighted by molar-refractivity contribution is -0.138. The van der Waals surface area contributed by atoms with Crippen LogP contribution in [0.1, 0.15) is 223 Å². The number of aliphatic carboxylic acids is 1. The Hall–Kier alpha value is -10.8. The molecule has 0 bridgehead atoms. The summed E-state index contributed by atoms with van der Waals surface area (Å²) in [6.45, 7) is 25.3. The average Bonchev–Trinajstić information content (AvgIpc) is 0.782. The molecule has 0 aliphatic carbocycles. The van der Waals surface area contributed by atoms with E-state index in [2.05, 4.69) is 15.9 Å². The van der Waals surface area contributed by atoms with Crippen LogP contribution in [0.4, 0.5) is 0 Å². The molecule has 1 N–H and O–H groups in total. The Morgan fingerprint density at radius 2 is 0.829 bits per heavy atom. The predicted octanol–water partition coefficient (Wildman–Crippen LogP) is 21.2. The molecule has 8 heterocycles. The number of fused-ring (bicyclic) bond motifs is 8. The van der Waals surface area contributed by atoms with Crippen LogP contribution in [0.15, 0.2) is 182 Å². The Balaban J connectivity index is 0.000000142. The number of halogens is 4. The molecule has 8 aliphatic rings. The van der Waals surface area contributed by atoms with Gasteiger partial charge < -0.3 is 43.0 Å². The highest BCUT2D eigenvalue weighted by Gasteiger charge is 2.39. The zero-order valence-corrected chi connectivity index (χ0v) is 71.1. The Labute approximate surface area is 704 Å². The van der Waals surface area contributed by atoms with Gasteiger partial charge in [0.15, 0.2) is 52.0 Å². The van der Waals surface area contributed by atoms with E-state index in [1.165, 1.54) is 6.07 Å². The Bertz CT molecular complexity index is 5240. The quantitative estimate of drug-likeness (QED) is 0.0974. The summed E-state index contributed by atoms with van der Waals surface area (Å²) in [5.74, 6) is 3.83. The maximum atomic E-state index is 12.4. The normalized spacial score (nSPS) is 19.8. The molecular weight excluding hydrogens is 1620 g/mol. The molecule has 610 valence electrons. The van der Waals surface area contributed by atoms with Gasteiger partial charge in [0.25, 0.3) is 0 Å². The van der Waals surface area contributed by atoms with Gasteiger partial charge in [0.1, 0.15) is 105 Å². The fourth-order valence-electron chi connectivity index (χ4n) is 13.9. The summed E-state index contributed by atoms with van der Waals surface area (Å²) >= 11 is 20.7. The molecule has 19 nitrogen and oxygen atoms in total. The number of carboxylic acid groups (broad SMARTS) is 1. The van der Waals surface area contributed by atoms with Crippen molar-refractivity contribution in [3.05, 3.63) is 269 Å². The van der Waals surface area contributed by atoms with E-state index in [1.807, 2.05) is 181 Å². The van der Waals surface area contributed by atoms with Crippen LogP contribution in [0.25, 0.3) is 0 Å². The molecule has 117 heavy (non-hydrogen) atoms. The lowest BCUT2D eigenvalue weighted by Gasteiger charge is -2.32. The number of alkyl halides is 1. The summed E-state index contributed by atoms with van der Waals surface area (Å²) in [6.07, 6.45) is 1.49. The van der Waals surface area contributed by atoms with E-state index < -0.39 is 23.6 Å². The fraction of sp³-hybridized carbons (Fsp3) is 0.319. The number of hydrogen-bond acceptors (Lipinski definition) is 18. The molecule has 0 spiro atoms. The summed E-state index contributed by atoms with van der Waals surface area (Å²) in [7, 11) is 0. The molecule has 6 atom stereocenters. The number of rotatable bonds is 4. The number of carboxylic acids is 1. The highest BCUT2D eigenvalue weighted by molar-refractivity contribution is 9.10. The zero-order valence-electron chi connectivity index (χ0n) is 67.2. The van der Waals surface area contributed by atoms with Crippen LogP contribution in [0.3, 0.4) is 0 Å². The van der Waals surface area contributed by atoms with E-state index in [0.29, 0.717) is 109 Å². The average molecular weight is 1710 g/mol. The minimum atomic E-state index is -0.977. The van der Waals surface area contributed by atoms with E-state index in [0.717, 1.165) is 56.2 Å². The van der Waals surface area contributed by atoms with Gasteiger partial charge in [-0.3, -0.25) is 47.9 Å². The first-order chi connectivity index (χ1) is 55.2. The lowest BCUT2D eigenvalue weighted by Crippen LogP contribution is -2.36. The SMILES string of the molecule is CC1(C)CC(=O)c2cc(Cl)ccc2O1.CC1CC(=O)c2cc(Cl)ccc2O1.CC1CC(=O)c2ccccc2O1.CC1Oc2ccccc2C(=O)C1Br.Cc1cc(C)c2c(c1)OC(C)(C)CC2=O.Cc1ccc2c(c1)C(=O)CC(C)(C)O2.Cc1ccc2c(c1)OCC(C(=O)c1ccccc1)C2=O.O=C(O)CC1CC(=O)c2cc(Cl)ccc2O1. The van der Waals surface area contributed by atoms with Gasteiger partial charge in [-0.05, 0) is 216 Å². The molecule has 6 unspecified atom stereocenters. The fourth-order valence-corrected chi connectivity index (χ4v) is 14.8. The van der Waals surface area contributed by atoms with Crippen molar-refractivity contribution >= 4 is 109 Å². The molecule has 0 aromatic heterocycles. The molecule has 17 rings (SSSR count). The van der Waals surface area contributed by atoms with E-state index in [4.69, 9.17) is 77.8 Å². The van der Waals surface area contributed by atoms with Gasteiger partial charge in [0.2, 0.25) is 0 Å². The molecule has 9 aromatic rings. The first-order valence-electron chi connectivity index (χ1n) is 38.2. The largest absolute Gasteiger partial charge is 0.492 e. The number of aryl methyl sites for hydroxylation is 4. The van der Waals surface area contributed by atoms with Crippen molar-refractivity contribution in [1.82, 2.24) is 0 Å². The number of ether oxygens (including phenoxy) is 8. The zero-order chi connectivity index (χ0) is 85.1. The minimum absolute atomic E-state index is 0.0207. The van der Waals surface area contributed by atoms with Crippen LogP contribution in [0.5, 0.6) is 46.0 Å². The second kappa shape index (κ2) is 38.1. The highest BCUT2D eigenvalue weighted by Crippen LogP contribution is 2.40. The van der Waals surface area contributed by atoms with E-state index in [9.17, 15) is 47.9 Å². The maximum absolute atomic E-state index is 12.4. The van der Waals surface area contributed by atoms with Crippen molar-refractivity contribution in [2.45, 2.75) is 181 Å². The number of carbonyl (C=O) groups is 10. The van der Waals surface area contributed by atoms with Gasteiger partial charge in [-0.1, -0.05) is 129 Å². The maximum Gasteiger partial charge on any atom is 0.307 e. The minimum Gasteiger partial charge on any atom is -0.492 e. The van der Waals surface area contributed by atoms with Gasteiger partial charge in [0.05, 0.1) is 70.2 Å². The van der Waals surface area contributed by atoms with Crippen LogP contribution in [-0.4, -0.2) is 116 Å². The van der Waals surface area contributed by atoms with Crippen LogP contribution in [0, 0.1) is 33.6 Å². The second-order valence-electron chi connectivity index (χ2n) is 31.4. The van der Waals surface area contributed by atoms with Gasteiger partial charge in [-0.2, -0.15) is 0 Å². The van der Waals surface area contributed by atoms with Crippen LogP contribution in [-0.2, 0) is 4.79 Å². The van der Waals surface area contributed by atoms with Crippen molar-refractivity contribution in [2.75, 3.05) is 6.61 Å². The van der Waals surface area contributed by atoms with E-state index >= 15 is 0 Å². The molecule has 8 aliphatic heterocycles. The van der Waals surface area contributed by atoms with Crippen LogP contribution in [0.2, 0.25) is 15.1 Å². The van der Waals surface area contributed by atoms with Crippen molar-refractivity contribution in [2.24, 2.45) is 5.92 Å². The lowest BCUT2D eigenvalue weighted by atomic mass is 9.88. The second-order valence-corrected chi connectivity index (χ2v) is 33.7. The van der Waals surface area contributed by atoms with Crippen LogP contribution >= 0.6 is 50.7 Å². The third kappa shape index (κ3) is 23.3.